The first-order chi connectivity index (χ1) is 8.67. The quantitative estimate of drug-likeness (QED) is 0.826. The molecule has 0 aliphatic heterocycles. The first kappa shape index (κ1) is 14.3. The van der Waals surface area contributed by atoms with Crippen LogP contribution in [-0.2, 0) is 0 Å². The van der Waals surface area contributed by atoms with Crippen LogP contribution in [0.3, 0.4) is 0 Å². The third-order valence-electron chi connectivity index (χ3n) is 2.67. The van der Waals surface area contributed by atoms with Crippen LogP contribution in [0, 0.1) is 0 Å². The van der Waals surface area contributed by atoms with Crippen molar-refractivity contribution in [1.29, 1.82) is 0 Å². The van der Waals surface area contributed by atoms with Crippen molar-refractivity contribution in [2.45, 2.75) is 6.92 Å². The zero-order valence-corrected chi connectivity index (χ0v) is 11.0. The van der Waals surface area contributed by atoms with Crippen LogP contribution in [0.5, 0.6) is 11.5 Å². The van der Waals surface area contributed by atoms with Gasteiger partial charge in [0.05, 0.1) is 20.8 Å². The van der Waals surface area contributed by atoms with Crippen LogP contribution in [0.25, 0.3) is 0 Å². The van der Waals surface area contributed by atoms with Crippen molar-refractivity contribution in [3.05, 3.63) is 23.8 Å². The van der Waals surface area contributed by atoms with E-state index in [9.17, 15) is 4.79 Å². The number of benzene rings is 1. The van der Waals surface area contributed by atoms with Gasteiger partial charge in [-0.2, -0.15) is 0 Å². The summed E-state index contributed by atoms with van der Waals surface area (Å²) in [5.41, 5.74) is 0.517. The van der Waals surface area contributed by atoms with Crippen LogP contribution >= 0.6 is 0 Å². The number of ether oxygens (including phenoxy) is 2. The van der Waals surface area contributed by atoms with Gasteiger partial charge >= 0.3 is 0 Å². The molecule has 0 fully saturated rings. The van der Waals surface area contributed by atoms with E-state index in [1.165, 1.54) is 7.11 Å². The fraction of sp³-hybridized carbons (Fsp3) is 0.462. The number of hydrogen-bond donors (Lipinski definition) is 1. The molecule has 5 nitrogen and oxygen atoms in total. The third kappa shape index (κ3) is 3.13. The van der Waals surface area contributed by atoms with Gasteiger partial charge in [-0.25, -0.2) is 0 Å². The molecule has 0 saturated carbocycles. The molecule has 5 heteroatoms. The Morgan fingerprint density at radius 3 is 2.44 bits per heavy atom. The highest BCUT2D eigenvalue weighted by atomic mass is 16.5. The van der Waals surface area contributed by atoms with E-state index in [4.69, 9.17) is 14.6 Å². The summed E-state index contributed by atoms with van der Waals surface area (Å²) in [6.45, 7) is 2.69. The number of methoxy groups -OCH3 is 2. The molecule has 0 atom stereocenters. The maximum Gasteiger partial charge on any atom is 0.254 e. The van der Waals surface area contributed by atoms with Gasteiger partial charge in [0.1, 0.15) is 0 Å². The normalized spacial score (nSPS) is 10.0. The molecule has 0 bridgehead atoms. The van der Waals surface area contributed by atoms with E-state index in [1.807, 2.05) is 6.92 Å². The summed E-state index contributed by atoms with van der Waals surface area (Å²) in [7, 11) is 3.07. The second-order valence-corrected chi connectivity index (χ2v) is 3.68. The summed E-state index contributed by atoms with van der Waals surface area (Å²) >= 11 is 0. The van der Waals surface area contributed by atoms with Gasteiger partial charge in [-0.3, -0.25) is 4.79 Å². The molecular weight excluding hydrogens is 234 g/mol. The van der Waals surface area contributed by atoms with E-state index < -0.39 is 0 Å². The average molecular weight is 253 g/mol. The molecule has 0 aliphatic carbocycles. The standard InChI is InChI=1S/C13H19NO4/c1-4-14(7-8-15)13(16)10-5-6-11(17-2)12(9-10)18-3/h5-6,9,15H,4,7-8H2,1-3H3. The molecule has 1 amide bonds. The van der Waals surface area contributed by atoms with E-state index in [0.29, 0.717) is 30.2 Å². The molecule has 100 valence electrons. The number of nitrogens with zero attached hydrogens (tertiary/aromatic N) is 1. The smallest absolute Gasteiger partial charge is 0.254 e. The summed E-state index contributed by atoms with van der Waals surface area (Å²) in [5.74, 6) is 0.968. The molecule has 0 unspecified atom stereocenters. The molecule has 18 heavy (non-hydrogen) atoms. The number of aliphatic hydroxyl groups excluding tert-OH is 1. The molecule has 0 heterocycles. The Hall–Kier alpha value is -1.75. The van der Waals surface area contributed by atoms with E-state index in [-0.39, 0.29) is 12.5 Å². The van der Waals surface area contributed by atoms with E-state index in [2.05, 4.69) is 0 Å². The topological polar surface area (TPSA) is 59.0 Å². The predicted octanol–water partition coefficient (Wildman–Crippen LogP) is 1.16. The second kappa shape index (κ2) is 6.86. The van der Waals surface area contributed by atoms with Gasteiger partial charge in [0.15, 0.2) is 11.5 Å². The Labute approximate surface area is 107 Å². The van der Waals surface area contributed by atoms with Gasteiger partial charge in [-0.1, -0.05) is 0 Å². The average Bonchev–Trinajstić information content (AvgIpc) is 2.43. The minimum atomic E-state index is -0.132. The number of carbonyl (C=O) groups excluding carboxylic acids is 1. The van der Waals surface area contributed by atoms with Crippen LogP contribution in [-0.4, -0.2) is 49.8 Å². The fourth-order valence-electron chi connectivity index (χ4n) is 1.68. The maximum atomic E-state index is 12.2. The van der Waals surface area contributed by atoms with Crippen LogP contribution < -0.4 is 9.47 Å². The Bertz CT molecular complexity index is 406. The zero-order chi connectivity index (χ0) is 13.5. The van der Waals surface area contributed by atoms with Crippen molar-refractivity contribution >= 4 is 5.91 Å². The van der Waals surface area contributed by atoms with Crippen molar-refractivity contribution < 1.29 is 19.4 Å². The Balaban J connectivity index is 2.98. The lowest BCUT2D eigenvalue weighted by molar-refractivity contribution is 0.0731. The molecule has 1 aromatic carbocycles. The fourth-order valence-corrected chi connectivity index (χ4v) is 1.68. The van der Waals surface area contributed by atoms with Crippen LogP contribution in [0.2, 0.25) is 0 Å². The summed E-state index contributed by atoms with van der Waals surface area (Å²) in [4.78, 5) is 13.7. The number of carbonyl (C=O) groups is 1. The van der Waals surface area contributed by atoms with E-state index in [1.54, 1.807) is 30.2 Å². The molecule has 0 spiro atoms. The van der Waals surface area contributed by atoms with Gasteiger partial charge in [0.2, 0.25) is 0 Å². The molecule has 1 aromatic rings. The summed E-state index contributed by atoms with van der Waals surface area (Å²) < 4.78 is 10.3. The number of hydrogen-bond acceptors (Lipinski definition) is 4. The van der Waals surface area contributed by atoms with Gasteiger partial charge in [0, 0.05) is 18.7 Å². The predicted molar refractivity (Wildman–Crippen MR) is 68.2 cm³/mol. The van der Waals surface area contributed by atoms with Crippen LogP contribution in [0.15, 0.2) is 18.2 Å². The number of rotatable bonds is 6. The Morgan fingerprint density at radius 2 is 1.94 bits per heavy atom. The lowest BCUT2D eigenvalue weighted by Gasteiger charge is -2.20. The number of amides is 1. The maximum absolute atomic E-state index is 12.2. The summed E-state index contributed by atoms with van der Waals surface area (Å²) in [6, 6.07) is 5.02. The van der Waals surface area contributed by atoms with Crippen LogP contribution in [0.1, 0.15) is 17.3 Å². The first-order valence-corrected chi connectivity index (χ1v) is 5.80. The first-order valence-electron chi connectivity index (χ1n) is 5.80. The van der Waals surface area contributed by atoms with Gasteiger partial charge in [-0.15, -0.1) is 0 Å². The molecule has 0 aliphatic rings. The molecule has 0 saturated heterocycles. The number of likely N-dealkylation sites (N-methyl/N-ethyl adjacent to an activating group) is 1. The highest BCUT2D eigenvalue weighted by molar-refractivity contribution is 5.94. The zero-order valence-electron chi connectivity index (χ0n) is 11.0. The number of aliphatic hydroxyl groups is 1. The van der Waals surface area contributed by atoms with Gasteiger partial charge in [0.25, 0.3) is 5.91 Å². The monoisotopic (exact) mass is 253 g/mol. The largest absolute Gasteiger partial charge is 0.493 e. The van der Waals surface area contributed by atoms with Crippen molar-refractivity contribution in [3.8, 4) is 11.5 Å². The third-order valence-corrected chi connectivity index (χ3v) is 2.67. The van der Waals surface area contributed by atoms with Crippen molar-refractivity contribution in [3.63, 3.8) is 0 Å². The van der Waals surface area contributed by atoms with Crippen molar-refractivity contribution in [2.24, 2.45) is 0 Å². The van der Waals surface area contributed by atoms with Crippen molar-refractivity contribution in [2.75, 3.05) is 33.9 Å². The SMILES string of the molecule is CCN(CCO)C(=O)c1ccc(OC)c(OC)c1. The van der Waals surface area contributed by atoms with Gasteiger partial charge < -0.3 is 19.5 Å². The highest BCUT2D eigenvalue weighted by Crippen LogP contribution is 2.27. The van der Waals surface area contributed by atoms with E-state index >= 15 is 0 Å². The second-order valence-electron chi connectivity index (χ2n) is 3.68. The minimum Gasteiger partial charge on any atom is -0.493 e. The lowest BCUT2D eigenvalue weighted by Crippen LogP contribution is -2.33. The summed E-state index contributed by atoms with van der Waals surface area (Å²) in [5, 5.41) is 8.91. The molecule has 0 radical (unpaired) electrons. The Morgan fingerprint density at radius 1 is 1.28 bits per heavy atom. The Kier molecular flexibility index (Phi) is 5.45. The van der Waals surface area contributed by atoms with Crippen molar-refractivity contribution in [1.82, 2.24) is 4.90 Å². The molecule has 1 rings (SSSR count). The minimum absolute atomic E-state index is 0.0487. The summed E-state index contributed by atoms with van der Waals surface area (Å²) in [6.07, 6.45) is 0. The van der Waals surface area contributed by atoms with Gasteiger partial charge in [-0.05, 0) is 25.1 Å². The van der Waals surface area contributed by atoms with Crippen LogP contribution in [0.4, 0.5) is 0 Å². The molecule has 0 aromatic heterocycles. The highest BCUT2D eigenvalue weighted by Gasteiger charge is 2.15. The lowest BCUT2D eigenvalue weighted by atomic mass is 10.1. The molecular formula is C13H19NO4. The van der Waals surface area contributed by atoms with E-state index in [0.717, 1.165) is 0 Å². The molecule has 1 N–H and O–H groups in total.